The molecule has 0 spiro atoms. The van der Waals surface area contributed by atoms with Gasteiger partial charge in [-0.2, -0.15) is 0 Å². The molecule has 5 nitrogen and oxygen atoms in total. The van der Waals surface area contributed by atoms with Crippen molar-refractivity contribution in [3.05, 3.63) is 53.3 Å². The van der Waals surface area contributed by atoms with Crippen LogP contribution in [0.4, 0.5) is 0 Å². The van der Waals surface area contributed by atoms with Gasteiger partial charge >= 0.3 is 0 Å². The summed E-state index contributed by atoms with van der Waals surface area (Å²) < 4.78 is 33.1. The Morgan fingerprint density at radius 2 is 2.10 bits per heavy atom. The highest BCUT2D eigenvalue weighted by Gasteiger charge is 2.27. The van der Waals surface area contributed by atoms with Crippen molar-refractivity contribution >= 4 is 21.6 Å². The summed E-state index contributed by atoms with van der Waals surface area (Å²) in [4.78, 5) is 3.80. The fourth-order valence-electron chi connectivity index (χ4n) is 2.28. The number of halogens is 1. The van der Waals surface area contributed by atoms with E-state index in [9.17, 15) is 8.42 Å². The minimum Gasteiger partial charge on any atom is -0.493 e. The molecule has 1 aliphatic heterocycles. The molecule has 1 aromatic carbocycles. The first-order chi connectivity index (χ1) is 10.1. The van der Waals surface area contributed by atoms with Crippen LogP contribution in [0.25, 0.3) is 0 Å². The molecule has 0 fully saturated rings. The van der Waals surface area contributed by atoms with Gasteiger partial charge in [0.1, 0.15) is 10.6 Å². The fraction of sp³-hybridized carbons (Fsp3) is 0.214. The first-order valence-corrected chi connectivity index (χ1v) is 8.27. The van der Waals surface area contributed by atoms with Crippen LogP contribution in [0.2, 0.25) is 5.02 Å². The third-order valence-corrected chi connectivity index (χ3v) is 5.22. The van der Waals surface area contributed by atoms with Gasteiger partial charge in [-0.3, -0.25) is 4.98 Å². The average molecular weight is 325 g/mol. The molecule has 0 saturated heterocycles. The number of rotatable bonds is 3. The molecule has 1 aliphatic rings. The summed E-state index contributed by atoms with van der Waals surface area (Å²) in [6.45, 7) is 0.463. The molecule has 1 unspecified atom stereocenters. The zero-order valence-corrected chi connectivity index (χ0v) is 12.6. The Balaban J connectivity index is 1.93. The number of sulfonamides is 1. The van der Waals surface area contributed by atoms with E-state index in [-0.39, 0.29) is 16.0 Å². The van der Waals surface area contributed by atoms with Gasteiger partial charge in [0.25, 0.3) is 0 Å². The molecule has 0 amide bonds. The van der Waals surface area contributed by atoms with Gasteiger partial charge < -0.3 is 4.74 Å². The predicted molar refractivity (Wildman–Crippen MR) is 78.9 cm³/mol. The second kappa shape index (κ2) is 5.63. The number of para-hydroxylation sites is 1. The van der Waals surface area contributed by atoms with Crippen LogP contribution in [0.15, 0.2) is 47.6 Å². The summed E-state index contributed by atoms with van der Waals surface area (Å²) in [6, 6.07) is 8.50. The van der Waals surface area contributed by atoms with Crippen molar-refractivity contribution in [1.82, 2.24) is 9.71 Å². The van der Waals surface area contributed by atoms with Crippen LogP contribution in [0, 0.1) is 0 Å². The van der Waals surface area contributed by atoms with Gasteiger partial charge in [-0.1, -0.05) is 29.8 Å². The summed E-state index contributed by atoms with van der Waals surface area (Å²) >= 11 is 5.94. The molecule has 110 valence electrons. The van der Waals surface area contributed by atoms with Crippen molar-refractivity contribution in [3.8, 4) is 5.75 Å². The minimum atomic E-state index is -3.73. The molecule has 0 radical (unpaired) electrons. The maximum atomic E-state index is 12.5. The van der Waals surface area contributed by atoms with Crippen LogP contribution in [0.1, 0.15) is 18.0 Å². The lowest BCUT2D eigenvalue weighted by Gasteiger charge is -2.26. The van der Waals surface area contributed by atoms with Crippen LogP contribution in [0.3, 0.4) is 0 Å². The van der Waals surface area contributed by atoms with Gasteiger partial charge in [0.2, 0.25) is 10.0 Å². The van der Waals surface area contributed by atoms with E-state index >= 15 is 0 Å². The van der Waals surface area contributed by atoms with Gasteiger partial charge in [0.05, 0.1) is 17.7 Å². The molecule has 1 N–H and O–H groups in total. The Morgan fingerprint density at radius 3 is 2.90 bits per heavy atom. The van der Waals surface area contributed by atoms with E-state index in [0.29, 0.717) is 18.8 Å². The second-order valence-corrected chi connectivity index (χ2v) is 6.74. The summed E-state index contributed by atoms with van der Waals surface area (Å²) in [5.41, 5.74) is 0.826. The highest BCUT2D eigenvalue weighted by atomic mass is 35.5. The molecule has 0 bridgehead atoms. The van der Waals surface area contributed by atoms with Crippen LogP contribution < -0.4 is 9.46 Å². The normalized spacial score (nSPS) is 17.9. The summed E-state index contributed by atoms with van der Waals surface area (Å²) in [5.74, 6) is 0.703. The highest BCUT2D eigenvalue weighted by molar-refractivity contribution is 7.89. The van der Waals surface area contributed by atoms with Gasteiger partial charge in [-0.05, 0) is 12.1 Å². The second-order valence-electron chi connectivity index (χ2n) is 4.65. The Labute approximate surface area is 128 Å². The number of aromatic nitrogens is 1. The SMILES string of the molecule is O=S(=O)(NC1CCOc2ccccc21)c1cnccc1Cl. The quantitative estimate of drug-likeness (QED) is 0.942. The van der Waals surface area contributed by atoms with Gasteiger partial charge in [-0.15, -0.1) is 0 Å². The number of nitrogens with one attached hydrogen (secondary N) is 1. The van der Waals surface area contributed by atoms with E-state index in [4.69, 9.17) is 16.3 Å². The van der Waals surface area contributed by atoms with Crippen LogP contribution >= 0.6 is 11.6 Å². The number of hydrogen-bond acceptors (Lipinski definition) is 4. The number of ether oxygens (including phenoxy) is 1. The van der Waals surface area contributed by atoms with Crippen LogP contribution in [0.5, 0.6) is 5.75 Å². The molecular weight excluding hydrogens is 312 g/mol. The largest absolute Gasteiger partial charge is 0.493 e. The third-order valence-electron chi connectivity index (χ3n) is 3.28. The topological polar surface area (TPSA) is 68.3 Å². The van der Waals surface area contributed by atoms with Crippen molar-refractivity contribution < 1.29 is 13.2 Å². The van der Waals surface area contributed by atoms with Crippen LogP contribution in [-0.4, -0.2) is 20.0 Å². The first kappa shape index (κ1) is 14.3. The fourth-order valence-corrected chi connectivity index (χ4v) is 3.96. The van der Waals surface area contributed by atoms with E-state index in [0.717, 1.165) is 5.56 Å². The van der Waals surface area contributed by atoms with E-state index in [2.05, 4.69) is 9.71 Å². The summed E-state index contributed by atoms with van der Waals surface area (Å²) in [6.07, 6.45) is 3.26. The molecule has 2 aromatic rings. The molecule has 21 heavy (non-hydrogen) atoms. The lowest BCUT2D eigenvalue weighted by atomic mass is 10.0. The van der Waals surface area contributed by atoms with E-state index in [1.807, 2.05) is 24.3 Å². The van der Waals surface area contributed by atoms with E-state index in [1.165, 1.54) is 18.5 Å². The molecule has 0 saturated carbocycles. The smallest absolute Gasteiger partial charge is 0.244 e. The molecule has 0 aliphatic carbocycles. The van der Waals surface area contributed by atoms with Crippen molar-refractivity contribution in [2.75, 3.05) is 6.61 Å². The summed E-state index contributed by atoms with van der Waals surface area (Å²) in [5, 5.41) is 0.151. The summed E-state index contributed by atoms with van der Waals surface area (Å²) in [7, 11) is -3.73. The number of pyridine rings is 1. The van der Waals surface area contributed by atoms with Crippen molar-refractivity contribution in [1.29, 1.82) is 0 Å². The van der Waals surface area contributed by atoms with Gasteiger partial charge in [0, 0.05) is 24.4 Å². The van der Waals surface area contributed by atoms with Gasteiger partial charge in [0.15, 0.2) is 0 Å². The lowest BCUT2D eigenvalue weighted by Crippen LogP contribution is -2.32. The third kappa shape index (κ3) is 2.88. The van der Waals surface area contributed by atoms with E-state index in [1.54, 1.807) is 0 Å². The van der Waals surface area contributed by atoms with Crippen molar-refractivity contribution in [3.63, 3.8) is 0 Å². The zero-order chi connectivity index (χ0) is 14.9. The molecule has 1 aromatic heterocycles. The Morgan fingerprint density at radius 1 is 1.29 bits per heavy atom. The number of nitrogens with zero attached hydrogens (tertiary/aromatic N) is 1. The van der Waals surface area contributed by atoms with Crippen molar-refractivity contribution in [2.45, 2.75) is 17.4 Å². The Bertz CT molecular complexity index is 764. The first-order valence-electron chi connectivity index (χ1n) is 6.41. The van der Waals surface area contributed by atoms with E-state index < -0.39 is 10.0 Å². The maximum Gasteiger partial charge on any atom is 0.244 e. The monoisotopic (exact) mass is 324 g/mol. The average Bonchev–Trinajstić information content (AvgIpc) is 2.47. The zero-order valence-electron chi connectivity index (χ0n) is 11.0. The minimum absolute atomic E-state index is 0.0179. The highest BCUT2D eigenvalue weighted by Crippen LogP contribution is 2.33. The molecule has 7 heteroatoms. The maximum absolute atomic E-state index is 12.5. The molecule has 2 heterocycles. The van der Waals surface area contributed by atoms with Gasteiger partial charge in [-0.25, -0.2) is 13.1 Å². The van der Waals surface area contributed by atoms with Crippen LogP contribution in [-0.2, 0) is 10.0 Å². The molecule has 1 atom stereocenters. The lowest BCUT2D eigenvalue weighted by molar-refractivity contribution is 0.263. The Hall–Kier alpha value is -1.63. The predicted octanol–water partition coefficient (Wildman–Crippen LogP) is 2.54. The molecule has 3 rings (SSSR count). The number of hydrogen-bond donors (Lipinski definition) is 1. The number of benzene rings is 1. The molecular formula is C14H13ClN2O3S. The van der Waals surface area contributed by atoms with Crippen molar-refractivity contribution in [2.24, 2.45) is 0 Å². The standard InChI is InChI=1S/C14H13ClN2O3S/c15-11-5-7-16-9-14(11)21(18,19)17-12-6-8-20-13-4-2-1-3-10(12)13/h1-5,7,9,12,17H,6,8H2. The Kier molecular flexibility index (Phi) is 3.84. The number of fused-ring (bicyclic) bond motifs is 1.